The molecule has 0 aliphatic rings. The monoisotopic (exact) mass is 308 g/mol. The number of halogens is 3. The Morgan fingerprint density at radius 3 is 2.45 bits per heavy atom. The molecule has 1 amide bonds. The number of amides is 1. The number of benzene rings is 1. The van der Waals surface area contributed by atoms with Gasteiger partial charge in [0.15, 0.2) is 0 Å². The molecule has 1 heterocycles. The van der Waals surface area contributed by atoms with Crippen molar-refractivity contribution in [2.75, 3.05) is 6.54 Å². The number of nitrogens with zero attached hydrogens (tertiary/aromatic N) is 2. The minimum atomic E-state index is -4.46. The summed E-state index contributed by atoms with van der Waals surface area (Å²) in [7, 11) is 0. The Morgan fingerprint density at radius 1 is 1.18 bits per heavy atom. The average Bonchev–Trinajstić information content (AvgIpc) is 2.52. The lowest BCUT2D eigenvalue weighted by molar-refractivity contribution is -0.137. The number of aromatic nitrogens is 1. The molecule has 0 unspecified atom stereocenters. The summed E-state index contributed by atoms with van der Waals surface area (Å²) in [6.45, 7) is 2.51. The molecule has 1 aromatic carbocycles. The fourth-order valence-electron chi connectivity index (χ4n) is 2.05. The van der Waals surface area contributed by atoms with Crippen LogP contribution >= 0.6 is 0 Å². The minimum Gasteiger partial charge on any atom is -0.335 e. The van der Waals surface area contributed by atoms with E-state index >= 15 is 0 Å². The van der Waals surface area contributed by atoms with E-state index < -0.39 is 17.6 Å². The maximum Gasteiger partial charge on any atom is 0.416 e. The second-order valence-corrected chi connectivity index (χ2v) is 4.75. The van der Waals surface area contributed by atoms with E-state index in [9.17, 15) is 18.0 Å². The molecule has 2 aromatic rings. The number of alkyl halides is 3. The Morgan fingerprint density at radius 2 is 1.86 bits per heavy atom. The summed E-state index contributed by atoms with van der Waals surface area (Å²) in [5, 5.41) is 0. The van der Waals surface area contributed by atoms with Crippen LogP contribution in [0.2, 0.25) is 0 Å². The van der Waals surface area contributed by atoms with Gasteiger partial charge in [0.25, 0.3) is 5.91 Å². The SMILES string of the molecule is CCN(Cc1ccncc1)C(=O)c1cccc(C(F)(F)F)c1. The van der Waals surface area contributed by atoms with E-state index in [1.165, 1.54) is 17.0 Å². The van der Waals surface area contributed by atoms with Crippen LogP contribution in [0, 0.1) is 0 Å². The molecular formula is C16H15F3N2O. The Labute approximate surface area is 126 Å². The van der Waals surface area contributed by atoms with Crippen LogP contribution in [0.25, 0.3) is 0 Å². The maximum atomic E-state index is 12.7. The molecule has 3 nitrogen and oxygen atoms in total. The summed E-state index contributed by atoms with van der Waals surface area (Å²) < 4.78 is 38.2. The first-order valence-corrected chi connectivity index (χ1v) is 6.77. The topological polar surface area (TPSA) is 33.2 Å². The molecule has 22 heavy (non-hydrogen) atoms. The first-order chi connectivity index (χ1) is 10.4. The smallest absolute Gasteiger partial charge is 0.335 e. The number of carbonyl (C=O) groups excluding carboxylic acids is 1. The van der Waals surface area contributed by atoms with Gasteiger partial charge in [-0.25, -0.2) is 0 Å². The van der Waals surface area contributed by atoms with Crippen LogP contribution in [0.3, 0.4) is 0 Å². The van der Waals surface area contributed by atoms with Crippen molar-refractivity contribution in [3.05, 3.63) is 65.5 Å². The van der Waals surface area contributed by atoms with Gasteiger partial charge in [-0.1, -0.05) is 6.07 Å². The number of rotatable bonds is 4. The average molecular weight is 308 g/mol. The van der Waals surface area contributed by atoms with E-state index in [1.54, 1.807) is 31.5 Å². The van der Waals surface area contributed by atoms with E-state index in [0.717, 1.165) is 17.7 Å². The van der Waals surface area contributed by atoms with Crippen molar-refractivity contribution in [1.29, 1.82) is 0 Å². The lowest BCUT2D eigenvalue weighted by atomic mass is 10.1. The van der Waals surface area contributed by atoms with E-state index in [0.29, 0.717) is 13.1 Å². The van der Waals surface area contributed by atoms with E-state index in [-0.39, 0.29) is 5.56 Å². The van der Waals surface area contributed by atoms with Crippen LogP contribution in [0.15, 0.2) is 48.8 Å². The molecule has 0 N–H and O–H groups in total. The number of hydrogen-bond acceptors (Lipinski definition) is 2. The molecule has 0 saturated heterocycles. The Balaban J connectivity index is 2.22. The standard InChI is InChI=1S/C16H15F3N2O/c1-2-21(11-12-6-8-20-9-7-12)15(22)13-4-3-5-14(10-13)16(17,18)19/h3-10H,2,11H2,1H3. The number of hydrogen-bond donors (Lipinski definition) is 0. The van der Waals surface area contributed by atoms with Crippen LogP contribution in [-0.4, -0.2) is 22.3 Å². The summed E-state index contributed by atoms with van der Waals surface area (Å²) in [4.78, 5) is 17.8. The van der Waals surface area contributed by atoms with Crippen molar-refractivity contribution >= 4 is 5.91 Å². The van der Waals surface area contributed by atoms with E-state index in [1.807, 2.05) is 0 Å². The van der Waals surface area contributed by atoms with Crippen LogP contribution in [0.4, 0.5) is 13.2 Å². The molecule has 6 heteroatoms. The van der Waals surface area contributed by atoms with E-state index in [2.05, 4.69) is 4.98 Å². The van der Waals surface area contributed by atoms with Gasteiger partial charge in [0.2, 0.25) is 0 Å². The van der Waals surface area contributed by atoms with Gasteiger partial charge in [-0.2, -0.15) is 13.2 Å². The molecule has 0 bridgehead atoms. The highest BCUT2D eigenvalue weighted by Crippen LogP contribution is 2.29. The lowest BCUT2D eigenvalue weighted by Crippen LogP contribution is -2.30. The van der Waals surface area contributed by atoms with Crippen LogP contribution in [0.5, 0.6) is 0 Å². The van der Waals surface area contributed by atoms with Gasteiger partial charge in [0.1, 0.15) is 0 Å². The molecule has 2 rings (SSSR count). The second-order valence-electron chi connectivity index (χ2n) is 4.75. The van der Waals surface area contributed by atoms with Crippen molar-refractivity contribution in [2.24, 2.45) is 0 Å². The Kier molecular flexibility index (Phi) is 4.80. The highest BCUT2D eigenvalue weighted by Gasteiger charge is 2.31. The predicted octanol–water partition coefficient (Wildman–Crippen LogP) is 3.76. The molecule has 0 fully saturated rings. The zero-order valence-corrected chi connectivity index (χ0v) is 12.0. The molecule has 0 aliphatic heterocycles. The fraction of sp³-hybridized carbons (Fsp3) is 0.250. The van der Waals surface area contributed by atoms with Crippen LogP contribution < -0.4 is 0 Å². The van der Waals surface area contributed by atoms with Crippen LogP contribution in [-0.2, 0) is 12.7 Å². The minimum absolute atomic E-state index is 0.0331. The van der Waals surface area contributed by atoms with Gasteiger partial charge in [-0.15, -0.1) is 0 Å². The highest BCUT2D eigenvalue weighted by atomic mass is 19.4. The molecule has 0 aliphatic carbocycles. The number of pyridine rings is 1. The first-order valence-electron chi connectivity index (χ1n) is 6.77. The Bertz CT molecular complexity index is 641. The highest BCUT2D eigenvalue weighted by molar-refractivity contribution is 5.94. The normalized spacial score (nSPS) is 11.3. The van der Waals surface area contributed by atoms with E-state index in [4.69, 9.17) is 0 Å². The zero-order chi connectivity index (χ0) is 16.2. The van der Waals surface area contributed by atoms with Gasteiger partial charge in [0, 0.05) is 31.0 Å². The van der Waals surface area contributed by atoms with Crippen molar-refractivity contribution in [1.82, 2.24) is 9.88 Å². The van der Waals surface area contributed by atoms with Crippen molar-refractivity contribution in [3.8, 4) is 0 Å². The molecule has 0 spiro atoms. The van der Waals surface area contributed by atoms with Crippen molar-refractivity contribution in [2.45, 2.75) is 19.6 Å². The summed E-state index contributed by atoms with van der Waals surface area (Å²) in [5.41, 5.74) is 0.0845. The lowest BCUT2D eigenvalue weighted by Gasteiger charge is -2.21. The Hall–Kier alpha value is -2.37. The van der Waals surface area contributed by atoms with Gasteiger partial charge in [0.05, 0.1) is 5.56 Å². The first kappa shape index (κ1) is 16.0. The third kappa shape index (κ3) is 3.84. The van der Waals surface area contributed by atoms with Gasteiger partial charge >= 0.3 is 6.18 Å². The summed E-state index contributed by atoms with van der Waals surface area (Å²) in [6, 6.07) is 8.01. The maximum absolute atomic E-state index is 12.7. The van der Waals surface area contributed by atoms with Gasteiger partial charge < -0.3 is 4.90 Å². The molecule has 0 atom stereocenters. The largest absolute Gasteiger partial charge is 0.416 e. The molecular weight excluding hydrogens is 293 g/mol. The number of carbonyl (C=O) groups is 1. The summed E-state index contributed by atoms with van der Waals surface area (Å²) in [6.07, 6.45) is -1.24. The van der Waals surface area contributed by atoms with Gasteiger partial charge in [-0.3, -0.25) is 9.78 Å². The quantitative estimate of drug-likeness (QED) is 0.861. The van der Waals surface area contributed by atoms with Crippen molar-refractivity contribution in [3.63, 3.8) is 0 Å². The van der Waals surface area contributed by atoms with Crippen molar-refractivity contribution < 1.29 is 18.0 Å². The summed E-state index contributed by atoms with van der Waals surface area (Å²) in [5.74, 6) is -0.426. The molecule has 0 saturated carbocycles. The molecule has 116 valence electrons. The predicted molar refractivity (Wildman–Crippen MR) is 76.1 cm³/mol. The molecule has 0 radical (unpaired) electrons. The van der Waals surface area contributed by atoms with Gasteiger partial charge in [-0.05, 0) is 42.8 Å². The third-order valence-corrected chi connectivity index (χ3v) is 3.23. The zero-order valence-electron chi connectivity index (χ0n) is 12.0. The second kappa shape index (κ2) is 6.60. The fourth-order valence-corrected chi connectivity index (χ4v) is 2.05. The molecule has 1 aromatic heterocycles. The third-order valence-electron chi connectivity index (χ3n) is 3.23. The summed E-state index contributed by atoms with van der Waals surface area (Å²) >= 11 is 0. The van der Waals surface area contributed by atoms with Crippen LogP contribution in [0.1, 0.15) is 28.4 Å².